The highest BCUT2D eigenvalue weighted by atomic mass is 14.0. The Kier molecular flexibility index (Phi) is 3.78. The van der Waals surface area contributed by atoms with E-state index in [9.17, 15) is 0 Å². The number of benzene rings is 1. The number of fused-ring (bicyclic) bond motifs is 1. The summed E-state index contributed by atoms with van der Waals surface area (Å²) in [6.45, 7) is 8.15. The molecule has 0 atom stereocenters. The molecule has 0 nitrogen and oxygen atoms in total. The van der Waals surface area contributed by atoms with E-state index >= 15 is 0 Å². The van der Waals surface area contributed by atoms with E-state index in [4.69, 9.17) is 0 Å². The monoisotopic (exact) mass is 234 g/mol. The van der Waals surface area contributed by atoms with Crippen molar-refractivity contribution in [3.8, 4) is 0 Å². The Labute approximate surface area is 109 Å². The summed E-state index contributed by atoms with van der Waals surface area (Å²) >= 11 is 0. The van der Waals surface area contributed by atoms with Gasteiger partial charge in [0.25, 0.3) is 0 Å². The minimum atomic E-state index is 1.18. The third-order valence-corrected chi connectivity index (χ3v) is 3.08. The van der Waals surface area contributed by atoms with Crippen molar-refractivity contribution in [2.75, 3.05) is 0 Å². The molecule has 0 amide bonds. The van der Waals surface area contributed by atoms with Crippen LogP contribution in [-0.2, 0) is 0 Å². The van der Waals surface area contributed by atoms with Gasteiger partial charge in [-0.05, 0) is 35.7 Å². The lowest BCUT2D eigenvalue weighted by molar-refractivity contribution is 1.48. The van der Waals surface area contributed by atoms with Crippen LogP contribution in [0.5, 0.6) is 0 Å². The molecule has 2 aromatic carbocycles. The average molecular weight is 234 g/mol. The van der Waals surface area contributed by atoms with Crippen LogP contribution in [0.1, 0.15) is 16.7 Å². The second-order valence-corrected chi connectivity index (χ2v) is 4.49. The summed E-state index contributed by atoms with van der Waals surface area (Å²) in [4.78, 5) is 0. The fourth-order valence-electron chi connectivity index (χ4n) is 2.14. The van der Waals surface area contributed by atoms with Crippen LogP contribution in [0.3, 0.4) is 0 Å². The molecule has 0 heteroatoms. The van der Waals surface area contributed by atoms with Gasteiger partial charge >= 0.3 is 0 Å². The fourth-order valence-corrected chi connectivity index (χ4v) is 2.14. The van der Waals surface area contributed by atoms with Gasteiger partial charge < -0.3 is 0 Å². The third-order valence-electron chi connectivity index (χ3n) is 3.08. The molecule has 90 valence electrons. The van der Waals surface area contributed by atoms with E-state index in [2.05, 4.69) is 75.0 Å². The summed E-state index contributed by atoms with van der Waals surface area (Å²) in [6, 6.07) is 19.1. The lowest BCUT2D eigenvalue weighted by Crippen LogP contribution is -1.79. The van der Waals surface area contributed by atoms with Crippen LogP contribution < -0.4 is 0 Å². The standard InChI is InChI=1S/C18H18/c1-4-16-11-7-13-17-12-6-9-14(2)8-5-10-15(3)18(16)17/h4-13H,1H2,2-3H3. The first-order chi connectivity index (χ1) is 8.72. The molecule has 2 aromatic rings. The SMILES string of the molecule is C=Cc1cccc2cccc(C)cccc(C)c12. The van der Waals surface area contributed by atoms with Gasteiger partial charge in [-0.1, -0.05) is 72.8 Å². The molecule has 0 spiro atoms. The molecule has 0 aromatic heterocycles. The number of aryl methyl sites for hydroxylation is 2. The first kappa shape index (κ1) is 12.4. The van der Waals surface area contributed by atoms with Crippen LogP contribution in [0.2, 0.25) is 0 Å². The second kappa shape index (κ2) is 5.50. The highest BCUT2D eigenvalue weighted by Crippen LogP contribution is 2.21. The molecule has 0 aliphatic carbocycles. The minimum absolute atomic E-state index is 1.18. The molecular formula is C18H18. The van der Waals surface area contributed by atoms with Crippen molar-refractivity contribution in [1.29, 1.82) is 0 Å². The Balaban J connectivity index is 2.94. The summed E-state index contributed by atoms with van der Waals surface area (Å²) in [5.41, 5.74) is 3.69. The van der Waals surface area contributed by atoms with Gasteiger partial charge in [-0.15, -0.1) is 0 Å². The quantitative estimate of drug-likeness (QED) is 0.634. The predicted molar refractivity (Wildman–Crippen MR) is 81.1 cm³/mol. The first-order valence-corrected chi connectivity index (χ1v) is 6.18. The van der Waals surface area contributed by atoms with Gasteiger partial charge in [0, 0.05) is 0 Å². The Morgan fingerprint density at radius 2 is 1.44 bits per heavy atom. The van der Waals surface area contributed by atoms with Crippen molar-refractivity contribution in [2.24, 2.45) is 0 Å². The van der Waals surface area contributed by atoms with Crippen molar-refractivity contribution in [3.05, 3.63) is 77.9 Å². The average Bonchev–Trinajstić information content (AvgIpc) is 2.37. The van der Waals surface area contributed by atoms with Crippen LogP contribution in [0.15, 0.2) is 61.2 Å². The second-order valence-electron chi connectivity index (χ2n) is 4.49. The molecule has 0 saturated carbocycles. The fraction of sp³-hybridized carbons (Fsp3) is 0.111. The van der Waals surface area contributed by atoms with Gasteiger partial charge in [-0.25, -0.2) is 0 Å². The number of hydrogen-bond donors (Lipinski definition) is 0. The molecule has 0 fully saturated rings. The van der Waals surface area contributed by atoms with Crippen LogP contribution in [0, 0.1) is 13.8 Å². The van der Waals surface area contributed by atoms with E-state index in [0.717, 1.165) is 0 Å². The highest BCUT2D eigenvalue weighted by Gasteiger charge is 1.97. The highest BCUT2D eigenvalue weighted by molar-refractivity contribution is 5.92. The summed E-state index contributed by atoms with van der Waals surface area (Å²) in [5.74, 6) is 0. The summed E-state index contributed by atoms with van der Waals surface area (Å²) in [7, 11) is 0. The minimum Gasteiger partial charge on any atom is -0.0984 e. The van der Waals surface area contributed by atoms with Gasteiger partial charge in [0.05, 0.1) is 0 Å². The molecule has 0 aliphatic heterocycles. The largest absolute Gasteiger partial charge is 0.0984 e. The normalized spacial score (nSPS) is 9.89. The van der Waals surface area contributed by atoms with Gasteiger partial charge in [-0.3, -0.25) is 0 Å². The lowest BCUT2D eigenvalue weighted by atomic mass is 10.0. The van der Waals surface area contributed by atoms with Gasteiger partial charge in [0.1, 0.15) is 0 Å². The molecule has 0 aliphatic rings. The Morgan fingerprint density at radius 3 is 2.11 bits per heavy atom. The molecule has 0 saturated heterocycles. The molecule has 0 bridgehead atoms. The van der Waals surface area contributed by atoms with Crippen molar-refractivity contribution < 1.29 is 0 Å². The molecule has 0 unspecified atom stereocenters. The third kappa shape index (κ3) is 2.60. The van der Waals surface area contributed by atoms with Crippen molar-refractivity contribution in [3.63, 3.8) is 0 Å². The lowest BCUT2D eigenvalue weighted by Gasteiger charge is -2.03. The Morgan fingerprint density at radius 1 is 0.833 bits per heavy atom. The van der Waals surface area contributed by atoms with E-state index in [-0.39, 0.29) is 0 Å². The zero-order valence-corrected chi connectivity index (χ0v) is 11.0. The molecule has 18 heavy (non-hydrogen) atoms. The van der Waals surface area contributed by atoms with E-state index in [1.54, 1.807) is 0 Å². The van der Waals surface area contributed by atoms with E-state index in [1.165, 1.54) is 27.5 Å². The van der Waals surface area contributed by atoms with E-state index in [0.29, 0.717) is 0 Å². The van der Waals surface area contributed by atoms with Crippen molar-refractivity contribution >= 4 is 16.8 Å². The maximum atomic E-state index is 3.90. The smallest absolute Gasteiger partial charge is 0.00824 e. The summed E-state index contributed by atoms with van der Waals surface area (Å²) < 4.78 is 0. The van der Waals surface area contributed by atoms with Crippen molar-refractivity contribution in [2.45, 2.75) is 13.8 Å². The Hall–Kier alpha value is -2.08. The topological polar surface area (TPSA) is 0 Å². The van der Waals surface area contributed by atoms with Gasteiger partial charge in [0.15, 0.2) is 0 Å². The maximum Gasteiger partial charge on any atom is -0.00824 e. The van der Waals surface area contributed by atoms with E-state index < -0.39 is 0 Å². The first-order valence-electron chi connectivity index (χ1n) is 6.18. The molecule has 0 heterocycles. The van der Waals surface area contributed by atoms with Crippen LogP contribution in [0.25, 0.3) is 16.8 Å². The molecular weight excluding hydrogens is 216 g/mol. The Bertz CT molecular complexity index is 635. The van der Waals surface area contributed by atoms with Gasteiger partial charge in [0.2, 0.25) is 0 Å². The predicted octanol–water partition coefficient (Wildman–Crippen LogP) is 5.22. The van der Waals surface area contributed by atoms with E-state index in [1.807, 2.05) is 6.08 Å². The molecule has 2 rings (SSSR count). The summed E-state index contributed by atoms with van der Waals surface area (Å²) in [6.07, 6.45) is 1.92. The maximum absolute atomic E-state index is 3.90. The van der Waals surface area contributed by atoms with Crippen LogP contribution >= 0.6 is 0 Å². The van der Waals surface area contributed by atoms with Gasteiger partial charge in [-0.2, -0.15) is 0 Å². The summed E-state index contributed by atoms with van der Waals surface area (Å²) in [5, 5.41) is 2.50. The zero-order chi connectivity index (χ0) is 13.0. The molecule has 0 N–H and O–H groups in total. The molecule has 0 radical (unpaired) electrons. The van der Waals surface area contributed by atoms with Crippen LogP contribution in [-0.4, -0.2) is 0 Å². The van der Waals surface area contributed by atoms with Crippen LogP contribution in [0.4, 0.5) is 0 Å². The number of hydrogen-bond acceptors (Lipinski definition) is 0. The van der Waals surface area contributed by atoms with Crippen molar-refractivity contribution in [1.82, 2.24) is 0 Å². The number of rotatable bonds is 1. The zero-order valence-electron chi connectivity index (χ0n) is 11.0.